The van der Waals surface area contributed by atoms with Crippen molar-refractivity contribution in [2.45, 2.75) is 19.2 Å². The highest BCUT2D eigenvalue weighted by molar-refractivity contribution is 5.47. The lowest BCUT2D eigenvalue weighted by Gasteiger charge is -2.23. The normalized spacial score (nSPS) is 19.3. The molecular weight excluding hydrogens is 289 g/mol. The number of nitrogens with one attached hydrogen (secondary N) is 2. The van der Waals surface area contributed by atoms with E-state index in [4.69, 9.17) is 9.47 Å². The van der Waals surface area contributed by atoms with Crippen LogP contribution in [-0.2, 0) is 15.7 Å². The van der Waals surface area contributed by atoms with Crippen molar-refractivity contribution in [3.63, 3.8) is 0 Å². The second kappa shape index (κ2) is 6.90. The molecule has 0 aliphatic carbocycles. The second-order valence-corrected chi connectivity index (χ2v) is 4.44. The first-order valence-electron chi connectivity index (χ1n) is 6.62. The lowest BCUT2D eigenvalue weighted by Crippen LogP contribution is -2.34. The van der Waals surface area contributed by atoms with E-state index < -0.39 is 12.0 Å². The average molecular weight is 306 g/mol. The lowest BCUT2D eigenvalue weighted by atomic mass is 10.3. The molecule has 0 bridgehead atoms. The van der Waals surface area contributed by atoms with Crippen LogP contribution in [0.5, 0.6) is 0 Å². The van der Waals surface area contributed by atoms with Gasteiger partial charge in [-0.2, -0.15) is 13.2 Å². The number of hydrogen-bond acceptors (Lipinski definition) is 6. The minimum atomic E-state index is -4.59. The van der Waals surface area contributed by atoms with E-state index >= 15 is 0 Å². The van der Waals surface area contributed by atoms with Gasteiger partial charge in [0.1, 0.15) is 11.6 Å². The smallest absolute Gasteiger partial charge is 0.376 e. The number of anilines is 2. The maximum atomic E-state index is 12.8. The molecule has 118 valence electrons. The lowest BCUT2D eigenvalue weighted by molar-refractivity contribution is -0.144. The molecule has 2 heterocycles. The van der Waals surface area contributed by atoms with Crippen LogP contribution in [-0.4, -0.2) is 49.0 Å². The summed E-state index contributed by atoms with van der Waals surface area (Å²) in [7, 11) is 0. The van der Waals surface area contributed by atoms with Gasteiger partial charge >= 0.3 is 6.18 Å². The monoisotopic (exact) mass is 306 g/mol. The van der Waals surface area contributed by atoms with Crippen molar-refractivity contribution in [2.24, 2.45) is 0 Å². The number of rotatable bonds is 5. The Bertz CT molecular complexity index is 464. The van der Waals surface area contributed by atoms with Crippen LogP contribution < -0.4 is 10.6 Å². The van der Waals surface area contributed by atoms with Crippen molar-refractivity contribution in [1.29, 1.82) is 0 Å². The molecule has 9 heteroatoms. The predicted octanol–water partition coefficient (Wildman–Crippen LogP) is 1.75. The Morgan fingerprint density at radius 3 is 2.52 bits per heavy atom. The Kier molecular flexibility index (Phi) is 5.18. The van der Waals surface area contributed by atoms with Gasteiger partial charge in [0.05, 0.1) is 25.9 Å². The van der Waals surface area contributed by atoms with E-state index in [2.05, 4.69) is 20.6 Å². The summed E-state index contributed by atoms with van der Waals surface area (Å²) in [6, 6.07) is 1.43. The Balaban J connectivity index is 2.07. The van der Waals surface area contributed by atoms with Gasteiger partial charge in [0.15, 0.2) is 0 Å². The number of hydrogen-bond donors (Lipinski definition) is 2. The van der Waals surface area contributed by atoms with Crippen LogP contribution in [0.15, 0.2) is 6.07 Å². The molecule has 1 aliphatic heterocycles. The highest BCUT2D eigenvalue weighted by Crippen LogP contribution is 2.28. The van der Waals surface area contributed by atoms with Gasteiger partial charge < -0.3 is 20.1 Å². The van der Waals surface area contributed by atoms with Crippen molar-refractivity contribution >= 4 is 11.6 Å². The Morgan fingerprint density at radius 2 is 1.95 bits per heavy atom. The summed E-state index contributed by atoms with van der Waals surface area (Å²) in [5.41, 5.74) is 0. The molecule has 1 aliphatic rings. The van der Waals surface area contributed by atoms with Gasteiger partial charge in [-0.05, 0) is 6.92 Å². The van der Waals surface area contributed by atoms with Crippen LogP contribution in [0.3, 0.4) is 0 Å². The fourth-order valence-corrected chi connectivity index (χ4v) is 1.81. The quantitative estimate of drug-likeness (QED) is 0.864. The fourth-order valence-electron chi connectivity index (χ4n) is 1.81. The highest BCUT2D eigenvalue weighted by Gasteiger charge is 2.35. The zero-order valence-corrected chi connectivity index (χ0v) is 11.5. The van der Waals surface area contributed by atoms with Crippen LogP contribution in [0.1, 0.15) is 12.7 Å². The van der Waals surface area contributed by atoms with E-state index in [0.717, 1.165) is 0 Å². The third kappa shape index (κ3) is 4.71. The van der Waals surface area contributed by atoms with Crippen LogP contribution in [0.2, 0.25) is 0 Å². The molecule has 1 aromatic heterocycles. The molecule has 21 heavy (non-hydrogen) atoms. The summed E-state index contributed by atoms with van der Waals surface area (Å²) < 4.78 is 48.9. The standard InChI is InChI=1S/C12H17F3N4O2/c1-2-16-9-5-10(19-11(18-9)12(13,14)15)17-6-8-7-20-3-4-21-8/h5,8H,2-4,6-7H2,1H3,(H2,16,17,18,19). The molecule has 0 amide bonds. The summed E-state index contributed by atoms with van der Waals surface area (Å²) in [4.78, 5) is 6.93. The fraction of sp³-hybridized carbons (Fsp3) is 0.667. The third-order valence-corrected chi connectivity index (χ3v) is 2.73. The van der Waals surface area contributed by atoms with E-state index in [1.807, 2.05) is 0 Å². The van der Waals surface area contributed by atoms with Gasteiger partial charge in [0, 0.05) is 19.2 Å². The van der Waals surface area contributed by atoms with Crippen LogP contribution >= 0.6 is 0 Å². The summed E-state index contributed by atoms with van der Waals surface area (Å²) in [6.45, 7) is 3.98. The number of nitrogens with zero attached hydrogens (tertiary/aromatic N) is 2. The molecule has 1 aromatic rings. The Hall–Kier alpha value is -1.61. The van der Waals surface area contributed by atoms with Gasteiger partial charge in [-0.15, -0.1) is 0 Å². The van der Waals surface area contributed by atoms with Crippen LogP contribution in [0, 0.1) is 0 Å². The van der Waals surface area contributed by atoms with E-state index in [1.54, 1.807) is 6.92 Å². The van der Waals surface area contributed by atoms with Gasteiger partial charge in [-0.3, -0.25) is 0 Å². The van der Waals surface area contributed by atoms with Gasteiger partial charge in [0.25, 0.3) is 0 Å². The highest BCUT2D eigenvalue weighted by atomic mass is 19.4. The molecule has 1 fully saturated rings. The van der Waals surface area contributed by atoms with E-state index in [-0.39, 0.29) is 17.7 Å². The largest absolute Gasteiger partial charge is 0.451 e. The van der Waals surface area contributed by atoms with Gasteiger partial charge in [0.2, 0.25) is 5.82 Å². The maximum Gasteiger partial charge on any atom is 0.451 e. The van der Waals surface area contributed by atoms with Gasteiger partial charge in [-0.25, -0.2) is 9.97 Å². The van der Waals surface area contributed by atoms with Crippen molar-refractivity contribution in [2.75, 3.05) is 43.5 Å². The van der Waals surface area contributed by atoms with E-state index in [0.29, 0.717) is 32.9 Å². The number of halogens is 3. The maximum absolute atomic E-state index is 12.8. The Labute approximate surface area is 120 Å². The number of aromatic nitrogens is 2. The molecule has 1 saturated heterocycles. The minimum absolute atomic E-state index is 0.0995. The first-order chi connectivity index (χ1) is 9.99. The van der Waals surface area contributed by atoms with Crippen molar-refractivity contribution < 1.29 is 22.6 Å². The summed E-state index contributed by atoms with van der Waals surface area (Å²) in [5.74, 6) is -0.949. The molecule has 1 unspecified atom stereocenters. The minimum Gasteiger partial charge on any atom is -0.376 e. The topological polar surface area (TPSA) is 68.3 Å². The predicted molar refractivity (Wildman–Crippen MR) is 70.2 cm³/mol. The van der Waals surface area contributed by atoms with Gasteiger partial charge in [-0.1, -0.05) is 0 Å². The van der Waals surface area contributed by atoms with E-state index in [9.17, 15) is 13.2 Å². The molecule has 2 N–H and O–H groups in total. The van der Waals surface area contributed by atoms with E-state index in [1.165, 1.54) is 6.07 Å². The first kappa shape index (κ1) is 15.8. The van der Waals surface area contributed by atoms with Crippen LogP contribution in [0.25, 0.3) is 0 Å². The molecular formula is C12H17F3N4O2. The second-order valence-electron chi connectivity index (χ2n) is 4.44. The zero-order valence-electron chi connectivity index (χ0n) is 11.5. The number of ether oxygens (including phenoxy) is 2. The zero-order chi connectivity index (χ0) is 15.3. The Morgan fingerprint density at radius 1 is 1.24 bits per heavy atom. The van der Waals surface area contributed by atoms with Crippen molar-refractivity contribution in [3.8, 4) is 0 Å². The van der Waals surface area contributed by atoms with Crippen LogP contribution in [0.4, 0.5) is 24.8 Å². The first-order valence-corrected chi connectivity index (χ1v) is 6.62. The third-order valence-electron chi connectivity index (χ3n) is 2.73. The summed E-state index contributed by atoms with van der Waals surface area (Å²) in [5, 5.41) is 5.58. The summed E-state index contributed by atoms with van der Waals surface area (Å²) in [6.07, 6.45) is -4.79. The van der Waals surface area contributed by atoms with Crippen molar-refractivity contribution in [3.05, 3.63) is 11.9 Å². The average Bonchev–Trinajstić information content (AvgIpc) is 2.45. The SMILES string of the molecule is CCNc1cc(NCC2COCCO2)nc(C(F)(F)F)n1. The molecule has 0 spiro atoms. The molecule has 1 atom stereocenters. The molecule has 2 rings (SSSR count). The molecule has 0 aromatic carbocycles. The molecule has 6 nitrogen and oxygen atoms in total. The van der Waals surface area contributed by atoms with Crippen molar-refractivity contribution in [1.82, 2.24) is 9.97 Å². The molecule has 0 saturated carbocycles. The molecule has 0 radical (unpaired) electrons. The number of alkyl halides is 3. The summed E-state index contributed by atoms with van der Waals surface area (Å²) >= 11 is 0.